The van der Waals surface area contributed by atoms with Gasteiger partial charge >= 0.3 is 0 Å². The Morgan fingerprint density at radius 2 is 1.85 bits per heavy atom. The molecule has 0 N–H and O–H groups in total. The zero-order valence-electron chi connectivity index (χ0n) is 10.0. The lowest BCUT2D eigenvalue weighted by Gasteiger charge is -2.12. The van der Waals surface area contributed by atoms with E-state index in [0.29, 0.717) is 0 Å². The molecule has 1 unspecified atom stereocenters. The van der Waals surface area contributed by atoms with Crippen molar-refractivity contribution in [2.45, 2.75) is 58.6 Å². The van der Waals surface area contributed by atoms with Gasteiger partial charge in [0.15, 0.2) is 0 Å². The van der Waals surface area contributed by atoms with Crippen LogP contribution in [0.4, 0.5) is 0 Å². The van der Waals surface area contributed by atoms with Gasteiger partial charge in [-0.3, -0.25) is 0 Å². The Labute approximate surface area is 89.2 Å². The van der Waals surface area contributed by atoms with Crippen LogP contribution in [0.5, 0.6) is 0 Å². The predicted octanol–water partition coefficient (Wildman–Crippen LogP) is 4.90. The van der Waals surface area contributed by atoms with Crippen molar-refractivity contribution in [3.05, 3.63) is 12.2 Å². The van der Waals surface area contributed by atoms with Gasteiger partial charge in [0.25, 0.3) is 0 Å². The first-order valence-electron chi connectivity index (χ1n) is 5.44. The van der Waals surface area contributed by atoms with E-state index in [-0.39, 0.29) is 0 Å². The third kappa shape index (κ3) is 10.0. The fraction of sp³-hybridized carbons (Fsp3) is 0.833. The molecule has 0 heterocycles. The Kier molecular flexibility index (Phi) is 14.5. The molecule has 0 aliphatic carbocycles. The van der Waals surface area contributed by atoms with Crippen molar-refractivity contribution in [3.8, 4) is 0 Å². The van der Waals surface area contributed by atoms with Gasteiger partial charge in [0.1, 0.15) is 0 Å². The largest absolute Gasteiger partial charge is 0.162 e. The van der Waals surface area contributed by atoms with Crippen molar-refractivity contribution < 1.29 is 0 Å². The van der Waals surface area contributed by atoms with E-state index in [0.717, 1.165) is 5.25 Å². The molecule has 80 valence electrons. The van der Waals surface area contributed by atoms with E-state index in [4.69, 9.17) is 0 Å². The van der Waals surface area contributed by atoms with E-state index in [9.17, 15) is 0 Å². The van der Waals surface area contributed by atoms with Gasteiger partial charge < -0.3 is 0 Å². The number of rotatable bonds is 6. The summed E-state index contributed by atoms with van der Waals surface area (Å²) in [5.74, 6) is 0. The number of allylic oxidation sites excluding steroid dienone is 1. The molecular formula is C12H26S. The first-order valence-corrected chi connectivity index (χ1v) is 6.72. The van der Waals surface area contributed by atoms with Crippen LogP contribution in [0.3, 0.4) is 0 Å². The Hall–Kier alpha value is 0.0900. The van der Waals surface area contributed by atoms with Crippen molar-refractivity contribution in [3.63, 3.8) is 0 Å². The summed E-state index contributed by atoms with van der Waals surface area (Å²) < 4.78 is 0. The van der Waals surface area contributed by atoms with Gasteiger partial charge in [0, 0.05) is 5.25 Å². The molecule has 1 atom stereocenters. The zero-order valence-corrected chi connectivity index (χ0v) is 10.8. The maximum Gasteiger partial charge on any atom is 0.00787 e. The minimum Gasteiger partial charge on any atom is -0.162 e. The van der Waals surface area contributed by atoms with E-state index >= 15 is 0 Å². The molecule has 0 aromatic carbocycles. The quantitative estimate of drug-likeness (QED) is 0.552. The molecule has 0 saturated heterocycles. The molecule has 0 aliphatic heterocycles. The zero-order chi connectivity index (χ0) is 10.7. The maximum atomic E-state index is 4.07. The number of thioether (sulfide) groups is 1. The minimum absolute atomic E-state index is 0.800. The van der Waals surface area contributed by atoms with Crippen LogP contribution in [0.2, 0.25) is 0 Å². The summed E-state index contributed by atoms with van der Waals surface area (Å²) in [6.45, 7) is 12.5. The summed E-state index contributed by atoms with van der Waals surface area (Å²) >= 11 is 1.96. The molecule has 0 fully saturated rings. The summed E-state index contributed by atoms with van der Waals surface area (Å²) in [6, 6.07) is 0. The lowest BCUT2D eigenvalue weighted by atomic mass is 10.1. The summed E-state index contributed by atoms with van der Waals surface area (Å²) in [5.41, 5.74) is 1.42. The van der Waals surface area contributed by atoms with Crippen LogP contribution >= 0.6 is 11.8 Å². The van der Waals surface area contributed by atoms with E-state index in [1.54, 1.807) is 0 Å². The van der Waals surface area contributed by atoms with E-state index < -0.39 is 0 Å². The third-order valence-corrected chi connectivity index (χ3v) is 3.08. The highest BCUT2D eigenvalue weighted by atomic mass is 32.2. The third-order valence-electron chi connectivity index (χ3n) is 1.91. The molecule has 0 spiro atoms. The van der Waals surface area contributed by atoms with Gasteiger partial charge in [0.2, 0.25) is 0 Å². The van der Waals surface area contributed by atoms with Crippen molar-refractivity contribution >= 4 is 11.8 Å². The Bertz CT molecular complexity index is 104. The van der Waals surface area contributed by atoms with Crippen LogP contribution in [0.15, 0.2) is 12.2 Å². The first kappa shape index (κ1) is 15.6. The highest BCUT2D eigenvalue weighted by Gasteiger charge is 2.04. The lowest BCUT2D eigenvalue weighted by molar-refractivity contribution is 0.762. The molecule has 0 aromatic rings. The van der Waals surface area contributed by atoms with Crippen molar-refractivity contribution in [2.75, 3.05) is 6.26 Å². The van der Waals surface area contributed by atoms with Gasteiger partial charge in [-0.15, -0.1) is 0 Å². The smallest absolute Gasteiger partial charge is 0.00787 e. The molecule has 1 heteroatoms. The lowest BCUT2D eigenvalue weighted by Crippen LogP contribution is -2.00. The summed E-state index contributed by atoms with van der Waals surface area (Å²) in [6.07, 6.45) is 7.11. The SMILES string of the molecule is C=C(CCC)CC(CC)SC.CC. The Balaban J connectivity index is 0. The molecule has 0 aliphatic rings. The average molecular weight is 202 g/mol. The van der Waals surface area contributed by atoms with E-state index in [2.05, 4.69) is 26.7 Å². The molecule has 0 rings (SSSR count). The van der Waals surface area contributed by atoms with E-state index in [1.807, 2.05) is 25.6 Å². The number of hydrogen-bond donors (Lipinski definition) is 0. The second-order valence-corrected chi connectivity index (χ2v) is 4.11. The maximum absolute atomic E-state index is 4.07. The highest BCUT2D eigenvalue weighted by Crippen LogP contribution is 2.20. The summed E-state index contributed by atoms with van der Waals surface area (Å²) in [5, 5.41) is 0.800. The van der Waals surface area contributed by atoms with E-state index in [1.165, 1.54) is 31.3 Å². The topological polar surface area (TPSA) is 0 Å². The van der Waals surface area contributed by atoms with Gasteiger partial charge in [-0.2, -0.15) is 11.8 Å². The second kappa shape index (κ2) is 12.1. The van der Waals surface area contributed by atoms with Crippen LogP contribution in [0, 0.1) is 0 Å². The molecule has 0 aromatic heterocycles. The minimum atomic E-state index is 0.800. The molecule has 0 saturated carbocycles. The highest BCUT2D eigenvalue weighted by molar-refractivity contribution is 7.99. The van der Waals surface area contributed by atoms with Crippen LogP contribution in [-0.4, -0.2) is 11.5 Å². The van der Waals surface area contributed by atoms with Crippen molar-refractivity contribution in [2.24, 2.45) is 0 Å². The molecule has 0 nitrogen and oxygen atoms in total. The normalized spacial score (nSPS) is 11.5. The fourth-order valence-corrected chi connectivity index (χ4v) is 1.91. The second-order valence-electron chi connectivity index (χ2n) is 2.97. The average Bonchev–Trinajstić information content (AvgIpc) is 2.18. The Morgan fingerprint density at radius 1 is 1.31 bits per heavy atom. The summed E-state index contributed by atoms with van der Waals surface area (Å²) in [7, 11) is 0. The fourth-order valence-electron chi connectivity index (χ4n) is 1.17. The van der Waals surface area contributed by atoms with Crippen LogP contribution in [0.25, 0.3) is 0 Å². The Morgan fingerprint density at radius 3 is 2.15 bits per heavy atom. The molecular weight excluding hydrogens is 176 g/mol. The van der Waals surface area contributed by atoms with Crippen molar-refractivity contribution in [1.82, 2.24) is 0 Å². The first-order chi connectivity index (χ1) is 6.24. The van der Waals surface area contributed by atoms with Gasteiger partial charge in [-0.25, -0.2) is 0 Å². The molecule has 0 radical (unpaired) electrons. The van der Waals surface area contributed by atoms with Gasteiger partial charge in [-0.05, 0) is 25.5 Å². The summed E-state index contributed by atoms with van der Waals surface area (Å²) in [4.78, 5) is 0. The number of hydrogen-bond acceptors (Lipinski definition) is 1. The van der Waals surface area contributed by atoms with Crippen LogP contribution in [0.1, 0.15) is 53.4 Å². The van der Waals surface area contributed by atoms with Gasteiger partial charge in [0.05, 0.1) is 0 Å². The van der Waals surface area contributed by atoms with Gasteiger partial charge in [-0.1, -0.05) is 46.3 Å². The monoisotopic (exact) mass is 202 g/mol. The predicted molar refractivity (Wildman–Crippen MR) is 67.6 cm³/mol. The van der Waals surface area contributed by atoms with Crippen LogP contribution in [-0.2, 0) is 0 Å². The van der Waals surface area contributed by atoms with Crippen molar-refractivity contribution in [1.29, 1.82) is 0 Å². The molecule has 0 amide bonds. The van der Waals surface area contributed by atoms with Crippen LogP contribution < -0.4 is 0 Å². The standard InChI is InChI=1S/C10H20S.C2H6/c1-5-7-9(3)8-10(6-2)11-4;1-2/h10H,3,5-8H2,1-2,4H3;1-2H3. The molecule has 0 bridgehead atoms. The molecule has 13 heavy (non-hydrogen) atoms.